The molecule has 0 spiro atoms. The Morgan fingerprint density at radius 3 is 2.42 bits per heavy atom. The van der Waals surface area contributed by atoms with E-state index in [0.717, 1.165) is 16.8 Å². The van der Waals surface area contributed by atoms with Crippen LogP contribution in [0.15, 0.2) is 30.3 Å². The third kappa shape index (κ3) is 4.63. The quantitative estimate of drug-likeness (QED) is 0.823. The summed E-state index contributed by atoms with van der Waals surface area (Å²) in [5, 5.41) is 16.3. The van der Waals surface area contributed by atoms with E-state index in [1.807, 2.05) is 37.3 Å². The summed E-state index contributed by atoms with van der Waals surface area (Å²) in [6.45, 7) is 4.82. The van der Waals surface area contributed by atoms with Crippen LogP contribution in [0.4, 0.5) is 13.2 Å². The molecule has 2 N–H and O–H groups in total. The lowest BCUT2D eigenvalue weighted by Gasteiger charge is -2.25. The molecule has 1 aromatic heterocycles. The Balaban J connectivity index is 2.03. The van der Waals surface area contributed by atoms with E-state index >= 15 is 0 Å². The van der Waals surface area contributed by atoms with Crippen molar-refractivity contribution < 1.29 is 23.1 Å². The minimum atomic E-state index is -4.86. The van der Waals surface area contributed by atoms with Crippen LogP contribution in [0.25, 0.3) is 0 Å². The first kappa shape index (κ1) is 20.0. The van der Waals surface area contributed by atoms with Gasteiger partial charge in [0.2, 0.25) is 5.91 Å². The van der Waals surface area contributed by atoms with Gasteiger partial charge in [-0.3, -0.25) is 9.48 Å². The number of nitrogens with one attached hydrogen (secondary N) is 1. The van der Waals surface area contributed by atoms with Crippen molar-refractivity contribution >= 4 is 5.91 Å². The number of rotatable bonds is 6. The van der Waals surface area contributed by atoms with Gasteiger partial charge >= 0.3 is 6.18 Å². The Kier molecular flexibility index (Phi) is 5.75. The number of hydrogen-bond donors (Lipinski definition) is 2. The fraction of sp³-hybridized carbons (Fsp3) is 0.444. The number of aliphatic hydroxyl groups is 1. The molecule has 1 atom stereocenters. The van der Waals surface area contributed by atoms with Crippen molar-refractivity contribution in [2.75, 3.05) is 0 Å². The number of carbonyl (C=O) groups excluding carboxylic acids is 1. The third-order valence-electron chi connectivity index (χ3n) is 4.28. The zero-order chi connectivity index (χ0) is 19.5. The van der Waals surface area contributed by atoms with Crippen LogP contribution < -0.4 is 5.32 Å². The Labute approximate surface area is 149 Å². The molecule has 26 heavy (non-hydrogen) atoms. The maximum Gasteiger partial charge on any atom is 0.417 e. The minimum Gasteiger partial charge on any atom is -0.380 e. The van der Waals surface area contributed by atoms with Crippen LogP contribution in [0, 0.1) is 13.8 Å². The summed E-state index contributed by atoms with van der Waals surface area (Å²) in [7, 11) is 0. The van der Waals surface area contributed by atoms with Gasteiger partial charge in [-0.25, -0.2) is 0 Å². The van der Waals surface area contributed by atoms with Gasteiger partial charge in [-0.1, -0.05) is 30.3 Å². The molecule has 1 heterocycles. The summed E-state index contributed by atoms with van der Waals surface area (Å²) in [5.41, 5.74) is 0.282. The Morgan fingerprint density at radius 1 is 1.23 bits per heavy atom. The monoisotopic (exact) mass is 369 g/mol. The van der Waals surface area contributed by atoms with Gasteiger partial charge in [0.05, 0.1) is 18.7 Å². The van der Waals surface area contributed by atoms with Crippen molar-refractivity contribution in [3.8, 4) is 0 Å². The lowest BCUT2D eigenvalue weighted by Crippen LogP contribution is -2.46. The Hall–Kier alpha value is -2.35. The van der Waals surface area contributed by atoms with Gasteiger partial charge in [-0.05, 0) is 26.3 Å². The molecule has 2 aromatic rings. The molecule has 1 amide bonds. The molecule has 0 saturated carbocycles. The second kappa shape index (κ2) is 7.49. The van der Waals surface area contributed by atoms with E-state index in [0.29, 0.717) is 19.2 Å². The van der Waals surface area contributed by atoms with Crippen LogP contribution in [0.1, 0.15) is 35.9 Å². The molecule has 0 saturated heterocycles. The smallest absolute Gasteiger partial charge is 0.380 e. The number of aromatic nitrogens is 2. The fourth-order valence-corrected chi connectivity index (χ4v) is 2.56. The molecule has 2 rings (SSSR count). The van der Waals surface area contributed by atoms with E-state index in [4.69, 9.17) is 0 Å². The van der Waals surface area contributed by atoms with Crippen LogP contribution in [-0.4, -0.2) is 32.6 Å². The second-order valence-electron chi connectivity index (χ2n) is 6.52. The number of alkyl halides is 3. The number of hydrogen-bond acceptors (Lipinski definition) is 3. The largest absolute Gasteiger partial charge is 0.417 e. The molecule has 0 aliphatic rings. The maximum absolute atomic E-state index is 12.7. The summed E-state index contributed by atoms with van der Waals surface area (Å²) < 4.78 is 39.7. The molecule has 0 bridgehead atoms. The van der Waals surface area contributed by atoms with E-state index in [2.05, 4.69) is 10.4 Å². The van der Waals surface area contributed by atoms with Crippen LogP contribution in [0.2, 0.25) is 0 Å². The highest BCUT2D eigenvalue weighted by atomic mass is 19.4. The lowest BCUT2D eigenvalue weighted by atomic mass is 10.0. The van der Waals surface area contributed by atoms with Gasteiger partial charge < -0.3 is 10.4 Å². The highest BCUT2D eigenvalue weighted by molar-refractivity contribution is 5.77. The summed E-state index contributed by atoms with van der Waals surface area (Å²) in [5.74, 6) is -0.873. The van der Waals surface area contributed by atoms with Crippen LogP contribution in [-0.2, 0) is 17.9 Å². The molecule has 0 radical (unpaired) electrons. The SMILES string of the molecule is Cc1nn(Cc2ccccc2)c(C)c1CNC(=O)C[C@@](C)(O)C(F)(F)F. The lowest BCUT2D eigenvalue weighted by molar-refractivity contribution is -0.253. The summed E-state index contributed by atoms with van der Waals surface area (Å²) in [6.07, 6.45) is -5.91. The summed E-state index contributed by atoms with van der Waals surface area (Å²) in [6, 6.07) is 9.71. The van der Waals surface area contributed by atoms with Crippen molar-refractivity contribution in [1.29, 1.82) is 0 Å². The van der Waals surface area contributed by atoms with Crippen LogP contribution >= 0.6 is 0 Å². The number of amides is 1. The molecule has 0 aliphatic carbocycles. The molecule has 0 aliphatic heterocycles. The number of nitrogens with zero attached hydrogens (tertiary/aromatic N) is 2. The van der Waals surface area contributed by atoms with E-state index in [9.17, 15) is 23.1 Å². The first-order valence-electron chi connectivity index (χ1n) is 8.14. The van der Waals surface area contributed by atoms with Gasteiger partial charge in [-0.2, -0.15) is 18.3 Å². The molecule has 0 fully saturated rings. The number of benzene rings is 1. The fourth-order valence-electron chi connectivity index (χ4n) is 2.56. The molecular weight excluding hydrogens is 347 g/mol. The summed E-state index contributed by atoms with van der Waals surface area (Å²) >= 11 is 0. The van der Waals surface area contributed by atoms with Gasteiger partial charge in [0, 0.05) is 17.8 Å². The number of carbonyl (C=O) groups is 1. The molecular formula is C18H22F3N3O2. The normalized spacial score (nSPS) is 14.1. The van der Waals surface area contributed by atoms with E-state index in [1.54, 1.807) is 11.6 Å². The molecule has 142 valence electrons. The standard InChI is InChI=1S/C18H22F3N3O2/c1-12-15(10-22-16(25)9-17(3,26)18(19,20)21)13(2)24(23-12)11-14-7-5-4-6-8-14/h4-8,26H,9-11H2,1-3H3,(H,22,25)/t17-/m1/s1. The zero-order valence-corrected chi connectivity index (χ0v) is 14.9. The zero-order valence-electron chi connectivity index (χ0n) is 14.9. The van der Waals surface area contributed by atoms with Crippen LogP contribution in [0.3, 0.4) is 0 Å². The average Bonchev–Trinajstić information content (AvgIpc) is 2.79. The first-order chi connectivity index (χ1) is 12.0. The predicted molar refractivity (Wildman–Crippen MR) is 90.4 cm³/mol. The molecule has 1 aromatic carbocycles. The predicted octanol–water partition coefficient (Wildman–Crippen LogP) is 2.87. The van der Waals surface area contributed by atoms with E-state index < -0.39 is 24.1 Å². The molecule has 8 heteroatoms. The summed E-state index contributed by atoms with van der Waals surface area (Å²) in [4.78, 5) is 11.8. The number of halogens is 3. The van der Waals surface area contributed by atoms with E-state index in [1.165, 1.54) is 0 Å². The maximum atomic E-state index is 12.7. The molecule has 5 nitrogen and oxygen atoms in total. The average molecular weight is 369 g/mol. The van der Waals surface area contributed by atoms with Crippen molar-refractivity contribution in [2.45, 2.75) is 52.1 Å². The number of aryl methyl sites for hydroxylation is 1. The topological polar surface area (TPSA) is 67.2 Å². The first-order valence-corrected chi connectivity index (χ1v) is 8.14. The van der Waals surface area contributed by atoms with Gasteiger partial charge in [0.25, 0.3) is 0 Å². The van der Waals surface area contributed by atoms with E-state index in [-0.39, 0.29) is 6.54 Å². The van der Waals surface area contributed by atoms with Crippen molar-refractivity contribution in [2.24, 2.45) is 0 Å². The van der Waals surface area contributed by atoms with Gasteiger partial charge in [-0.15, -0.1) is 0 Å². The highest BCUT2D eigenvalue weighted by Gasteiger charge is 2.50. The third-order valence-corrected chi connectivity index (χ3v) is 4.28. The second-order valence-corrected chi connectivity index (χ2v) is 6.52. The molecule has 0 unspecified atom stereocenters. The Bertz CT molecular complexity index is 768. The van der Waals surface area contributed by atoms with Gasteiger partial charge in [0.15, 0.2) is 5.60 Å². The van der Waals surface area contributed by atoms with Gasteiger partial charge in [0.1, 0.15) is 0 Å². The van der Waals surface area contributed by atoms with Crippen molar-refractivity contribution in [1.82, 2.24) is 15.1 Å². The Morgan fingerprint density at radius 2 is 1.85 bits per heavy atom. The van der Waals surface area contributed by atoms with Crippen molar-refractivity contribution in [3.05, 3.63) is 52.8 Å². The van der Waals surface area contributed by atoms with Crippen LogP contribution in [0.5, 0.6) is 0 Å². The highest BCUT2D eigenvalue weighted by Crippen LogP contribution is 2.32. The minimum absolute atomic E-state index is 0.0548. The van der Waals surface area contributed by atoms with Crippen molar-refractivity contribution in [3.63, 3.8) is 0 Å².